The summed E-state index contributed by atoms with van der Waals surface area (Å²) in [6, 6.07) is 13.8. The molecule has 6 nitrogen and oxygen atoms in total. The van der Waals surface area contributed by atoms with Crippen molar-refractivity contribution in [3.8, 4) is 11.1 Å². The van der Waals surface area contributed by atoms with Gasteiger partial charge in [-0.05, 0) is 24.6 Å². The molecule has 3 heterocycles. The van der Waals surface area contributed by atoms with Crippen LogP contribution in [0.3, 0.4) is 0 Å². The fraction of sp³-hybridized carbons (Fsp3) is 0.143. The molecule has 4 rings (SSSR count). The summed E-state index contributed by atoms with van der Waals surface area (Å²) in [5.41, 5.74) is 2.97. The summed E-state index contributed by atoms with van der Waals surface area (Å²) in [7, 11) is 0. The van der Waals surface area contributed by atoms with E-state index in [4.69, 9.17) is 0 Å². The summed E-state index contributed by atoms with van der Waals surface area (Å²) in [5, 5.41) is 7.15. The third-order valence-electron chi connectivity index (χ3n) is 4.32. The molecule has 0 aliphatic heterocycles. The van der Waals surface area contributed by atoms with Crippen LogP contribution in [0.15, 0.2) is 61.2 Å². The lowest BCUT2D eigenvalue weighted by molar-refractivity contribution is -0.115. The first-order chi connectivity index (χ1) is 13.7. The number of aryl methyl sites for hydroxylation is 1. The van der Waals surface area contributed by atoms with E-state index in [1.165, 1.54) is 4.88 Å². The van der Waals surface area contributed by atoms with Crippen LogP contribution in [0.5, 0.6) is 0 Å². The van der Waals surface area contributed by atoms with Crippen LogP contribution < -0.4 is 10.6 Å². The maximum Gasteiger partial charge on any atom is 0.226 e. The number of amides is 1. The fourth-order valence-corrected chi connectivity index (χ4v) is 4.10. The van der Waals surface area contributed by atoms with Crippen LogP contribution >= 0.6 is 11.3 Å². The quantitative estimate of drug-likeness (QED) is 0.507. The topological polar surface area (TPSA) is 79.8 Å². The zero-order chi connectivity index (χ0) is 19.3. The molecule has 0 unspecified atom stereocenters. The Balaban J connectivity index is 1.52. The molecule has 0 spiro atoms. The summed E-state index contributed by atoms with van der Waals surface area (Å²) < 4.78 is 0. The van der Waals surface area contributed by atoms with Crippen molar-refractivity contribution < 1.29 is 4.79 Å². The van der Waals surface area contributed by atoms with Crippen molar-refractivity contribution in [2.24, 2.45) is 0 Å². The molecular formula is C21H19N5OS. The molecule has 7 heteroatoms. The third kappa shape index (κ3) is 3.84. The maximum atomic E-state index is 12.1. The molecule has 3 aromatic heterocycles. The number of thiophene rings is 1. The number of hydrogen-bond donors (Lipinski definition) is 2. The molecule has 0 atom stereocenters. The lowest BCUT2D eigenvalue weighted by atomic mass is 10.0. The minimum absolute atomic E-state index is 0.0735. The van der Waals surface area contributed by atoms with Crippen molar-refractivity contribution in [2.75, 3.05) is 17.2 Å². The SMILES string of the molecule is Cc1sc2ncnc(NCCC(=O)Nc3cccnc3)c2c1-c1ccccc1. The van der Waals surface area contributed by atoms with E-state index in [0.717, 1.165) is 27.2 Å². The van der Waals surface area contributed by atoms with Gasteiger partial charge in [0, 0.05) is 29.6 Å². The first kappa shape index (κ1) is 18.1. The van der Waals surface area contributed by atoms with Crippen LogP contribution in [-0.2, 0) is 4.79 Å². The maximum absolute atomic E-state index is 12.1. The van der Waals surface area contributed by atoms with Gasteiger partial charge < -0.3 is 10.6 Å². The Kier molecular flexibility index (Phi) is 5.25. The number of anilines is 2. The molecular weight excluding hydrogens is 370 g/mol. The Bertz CT molecular complexity index is 1100. The van der Waals surface area contributed by atoms with Gasteiger partial charge in [-0.2, -0.15) is 0 Å². The normalized spacial score (nSPS) is 10.8. The highest BCUT2D eigenvalue weighted by Gasteiger charge is 2.16. The van der Waals surface area contributed by atoms with Crippen molar-refractivity contribution in [3.63, 3.8) is 0 Å². The highest BCUT2D eigenvalue weighted by molar-refractivity contribution is 7.19. The first-order valence-electron chi connectivity index (χ1n) is 8.95. The molecule has 140 valence electrons. The van der Waals surface area contributed by atoms with E-state index in [2.05, 4.69) is 44.6 Å². The highest BCUT2D eigenvalue weighted by Crippen LogP contribution is 2.40. The van der Waals surface area contributed by atoms with E-state index in [1.54, 1.807) is 36.1 Å². The molecule has 0 aliphatic carbocycles. The van der Waals surface area contributed by atoms with Gasteiger partial charge in [0.1, 0.15) is 17.0 Å². The number of nitrogens with zero attached hydrogens (tertiary/aromatic N) is 3. The second-order valence-corrected chi connectivity index (χ2v) is 7.47. The molecule has 1 aromatic carbocycles. The molecule has 0 saturated carbocycles. The monoisotopic (exact) mass is 389 g/mol. The Labute approximate surface area is 166 Å². The molecule has 0 saturated heterocycles. The Morgan fingerprint density at radius 3 is 2.75 bits per heavy atom. The predicted molar refractivity (Wildman–Crippen MR) is 114 cm³/mol. The van der Waals surface area contributed by atoms with Crippen LogP contribution in [0.1, 0.15) is 11.3 Å². The van der Waals surface area contributed by atoms with Crippen molar-refractivity contribution in [1.82, 2.24) is 15.0 Å². The molecule has 0 bridgehead atoms. The predicted octanol–water partition coefficient (Wildman–Crippen LogP) is 4.50. The van der Waals surface area contributed by atoms with Crippen LogP contribution in [0, 0.1) is 6.92 Å². The first-order valence-corrected chi connectivity index (χ1v) is 9.77. The zero-order valence-electron chi connectivity index (χ0n) is 15.3. The number of aromatic nitrogens is 3. The Morgan fingerprint density at radius 1 is 1.11 bits per heavy atom. The van der Waals surface area contributed by atoms with Gasteiger partial charge in [0.25, 0.3) is 0 Å². The number of rotatable bonds is 6. The number of pyridine rings is 1. The number of hydrogen-bond acceptors (Lipinski definition) is 6. The molecule has 0 radical (unpaired) electrons. The summed E-state index contributed by atoms with van der Waals surface area (Å²) in [6.45, 7) is 2.57. The van der Waals surface area contributed by atoms with Crippen molar-refractivity contribution in [2.45, 2.75) is 13.3 Å². The average Bonchev–Trinajstić information content (AvgIpc) is 3.06. The van der Waals surface area contributed by atoms with Gasteiger partial charge in [-0.1, -0.05) is 30.3 Å². The molecule has 4 aromatic rings. The second kappa shape index (κ2) is 8.14. The minimum Gasteiger partial charge on any atom is -0.369 e. The minimum atomic E-state index is -0.0735. The van der Waals surface area contributed by atoms with Crippen LogP contribution in [-0.4, -0.2) is 27.4 Å². The van der Waals surface area contributed by atoms with E-state index in [0.29, 0.717) is 18.7 Å². The molecule has 1 amide bonds. The molecule has 0 fully saturated rings. The standard InChI is InChI=1S/C21H19N5OS/c1-14-18(15-6-3-2-4-7-15)19-20(24-13-25-21(19)28-14)23-11-9-17(27)26-16-8-5-10-22-12-16/h2-8,10,12-13H,9,11H2,1H3,(H,26,27)(H,23,24,25). The van der Waals surface area contributed by atoms with Gasteiger partial charge in [-0.25, -0.2) is 9.97 Å². The van der Waals surface area contributed by atoms with Crippen LogP contribution in [0.25, 0.3) is 21.3 Å². The van der Waals surface area contributed by atoms with E-state index >= 15 is 0 Å². The van der Waals surface area contributed by atoms with E-state index in [9.17, 15) is 4.79 Å². The van der Waals surface area contributed by atoms with Crippen LogP contribution in [0.4, 0.5) is 11.5 Å². The van der Waals surface area contributed by atoms with Gasteiger partial charge in [0.15, 0.2) is 0 Å². The number of nitrogens with one attached hydrogen (secondary N) is 2. The number of carbonyl (C=O) groups excluding carboxylic acids is 1. The van der Waals surface area contributed by atoms with Gasteiger partial charge in [0.05, 0.1) is 17.3 Å². The zero-order valence-corrected chi connectivity index (χ0v) is 16.2. The van der Waals surface area contributed by atoms with E-state index in [-0.39, 0.29) is 5.91 Å². The highest BCUT2D eigenvalue weighted by atomic mass is 32.1. The Hall–Kier alpha value is -3.32. The Morgan fingerprint density at radius 2 is 1.96 bits per heavy atom. The summed E-state index contributed by atoms with van der Waals surface area (Å²) in [4.78, 5) is 27.1. The van der Waals surface area contributed by atoms with Gasteiger partial charge >= 0.3 is 0 Å². The molecule has 0 aliphatic rings. The molecule has 28 heavy (non-hydrogen) atoms. The lowest BCUT2D eigenvalue weighted by Gasteiger charge is -2.09. The van der Waals surface area contributed by atoms with Crippen molar-refractivity contribution in [1.29, 1.82) is 0 Å². The van der Waals surface area contributed by atoms with Gasteiger partial charge in [-0.15, -0.1) is 11.3 Å². The number of carbonyl (C=O) groups is 1. The summed E-state index contributed by atoms with van der Waals surface area (Å²) in [6.07, 6.45) is 5.18. The smallest absolute Gasteiger partial charge is 0.226 e. The number of benzene rings is 1. The van der Waals surface area contributed by atoms with E-state index in [1.807, 2.05) is 24.3 Å². The second-order valence-electron chi connectivity index (χ2n) is 6.27. The van der Waals surface area contributed by atoms with Gasteiger partial charge in [0.2, 0.25) is 5.91 Å². The largest absolute Gasteiger partial charge is 0.369 e. The average molecular weight is 389 g/mol. The molecule has 2 N–H and O–H groups in total. The fourth-order valence-electron chi connectivity index (χ4n) is 3.09. The van der Waals surface area contributed by atoms with Crippen molar-refractivity contribution >= 4 is 39.0 Å². The van der Waals surface area contributed by atoms with Gasteiger partial charge in [-0.3, -0.25) is 9.78 Å². The summed E-state index contributed by atoms with van der Waals surface area (Å²) in [5.74, 6) is 0.679. The van der Waals surface area contributed by atoms with Crippen LogP contribution in [0.2, 0.25) is 0 Å². The van der Waals surface area contributed by atoms with Crippen molar-refractivity contribution in [3.05, 3.63) is 66.1 Å². The lowest BCUT2D eigenvalue weighted by Crippen LogP contribution is -2.16. The third-order valence-corrected chi connectivity index (χ3v) is 5.33. The number of fused-ring (bicyclic) bond motifs is 1. The summed E-state index contributed by atoms with van der Waals surface area (Å²) >= 11 is 1.65. The van der Waals surface area contributed by atoms with E-state index < -0.39 is 0 Å².